The van der Waals surface area contributed by atoms with E-state index in [4.69, 9.17) is 0 Å². The maximum atomic E-state index is 3.63. The van der Waals surface area contributed by atoms with Crippen LogP contribution < -0.4 is 10.2 Å². The Morgan fingerprint density at radius 3 is 2.59 bits per heavy atom. The Morgan fingerprint density at radius 1 is 1.35 bits per heavy atom. The normalized spacial score (nSPS) is 10.9. The van der Waals surface area contributed by atoms with Crippen LogP contribution in [0.15, 0.2) is 22.7 Å². The number of halogens is 1. The van der Waals surface area contributed by atoms with E-state index in [1.807, 2.05) is 7.05 Å². The molecule has 0 aliphatic rings. The summed E-state index contributed by atoms with van der Waals surface area (Å²) in [5.74, 6) is 0.754. The Hall–Kier alpha value is -0.540. The van der Waals surface area contributed by atoms with Crippen molar-refractivity contribution in [2.24, 2.45) is 5.92 Å². The molecule has 0 aliphatic heterocycles. The average molecular weight is 299 g/mol. The van der Waals surface area contributed by atoms with E-state index in [0.29, 0.717) is 0 Å². The maximum absolute atomic E-state index is 3.63. The largest absolute Gasteiger partial charge is 0.375 e. The number of nitrogens with one attached hydrogen (secondary N) is 1. The first kappa shape index (κ1) is 14.5. The number of anilines is 1. The van der Waals surface area contributed by atoms with Gasteiger partial charge in [0.2, 0.25) is 0 Å². The number of hydrogen-bond acceptors (Lipinski definition) is 2. The second kappa shape index (κ2) is 7.02. The van der Waals surface area contributed by atoms with Gasteiger partial charge in [0.15, 0.2) is 0 Å². The Balaban J connectivity index is 2.68. The zero-order valence-electron chi connectivity index (χ0n) is 11.3. The highest BCUT2D eigenvalue weighted by Gasteiger charge is 2.05. The SMILES string of the molecule is CNCc1ccc(N(C)CCC(C)C)cc1Br. The molecule has 0 saturated carbocycles. The highest BCUT2D eigenvalue weighted by atomic mass is 79.9. The van der Waals surface area contributed by atoms with Crippen LogP contribution in [0.25, 0.3) is 0 Å². The molecule has 3 heteroatoms. The molecular weight excluding hydrogens is 276 g/mol. The van der Waals surface area contributed by atoms with E-state index in [1.165, 1.54) is 22.1 Å². The molecule has 1 rings (SSSR count). The van der Waals surface area contributed by atoms with Gasteiger partial charge in [0, 0.05) is 30.3 Å². The van der Waals surface area contributed by atoms with Crippen molar-refractivity contribution in [1.29, 1.82) is 0 Å². The molecule has 0 fully saturated rings. The first-order valence-corrected chi connectivity index (χ1v) is 6.98. The van der Waals surface area contributed by atoms with Crippen molar-refractivity contribution in [2.75, 3.05) is 25.5 Å². The van der Waals surface area contributed by atoms with E-state index in [-0.39, 0.29) is 0 Å². The van der Waals surface area contributed by atoms with Crippen LogP contribution in [0.5, 0.6) is 0 Å². The van der Waals surface area contributed by atoms with Gasteiger partial charge < -0.3 is 10.2 Å². The van der Waals surface area contributed by atoms with Crippen molar-refractivity contribution in [3.8, 4) is 0 Å². The molecule has 0 atom stereocenters. The summed E-state index contributed by atoms with van der Waals surface area (Å²) in [6.45, 7) is 6.53. The quantitative estimate of drug-likeness (QED) is 0.862. The maximum Gasteiger partial charge on any atom is 0.0375 e. The Labute approximate surface area is 114 Å². The molecule has 0 heterocycles. The van der Waals surface area contributed by atoms with Crippen LogP contribution in [0, 0.1) is 5.92 Å². The molecule has 1 N–H and O–H groups in total. The second-order valence-corrected chi connectivity index (χ2v) is 5.76. The lowest BCUT2D eigenvalue weighted by atomic mass is 10.1. The molecule has 0 saturated heterocycles. The van der Waals surface area contributed by atoms with Crippen LogP contribution in [0.4, 0.5) is 5.69 Å². The zero-order valence-corrected chi connectivity index (χ0v) is 12.8. The summed E-state index contributed by atoms with van der Waals surface area (Å²) < 4.78 is 1.18. The Kier molecular flexibility index (Phi) is 6.00. The summed E-state index contributed by atoms with van der Waals surface area (Å²) >= 11 is 3.63. The highest BCUT2D eigenvalue weighted by molar-refractivity contribution is 9.10. The molecule has 1 aromatic carbocycles. The van der Waals surface area contributed by atoms with E-state index >= 15 is 0 Å². The van der Waals surface area contributed by atoms with Gasteiger partial charge >= 0.3 is 0 Å². The van der Waals surface area contributed by atoms with Gasteiger partial charge in [-0.15, -0.1) is 0 Å². The monoisotopic (exact) mass is 298 g/mol. The molecule has 0 aliphatic carbocycles. The third-order valence-electron chi connectivity index (χ3n) is 2.89. The molecule has 1 aromatic rings. The van der Waals surface area contributed by atoms with E-state index in [1.54, 1.807) is 0 Å². The minimum absolute atomic E-state index is 0.754. The van der Waals surface area contributed by atoms with Crippen LogP contribution in [0.3, 0.4) is 0 Å². The Bertz CT molecular complexity index is 350. The molecule has 0 amide bonds. The van der Waals surface area contributed by atoms with Crippen LogP contribution in [-0.2, 0) is 6.54 Å². The van der Waals surface area contributed by atoms with Crippen LogP contribution in [0.1, 0.15) is 25.8 Å². The summed E-state index contributed by atoms with van der Waals surface area (Å²) in [6.07, 6.45) is 1.23. The van der Waals surface area contributed by atoms with Crippen molar-refractivity contribution >= 4 is 21.6 Å². The summed E-state index contributed by atoms with van der Waals surface area (Å²) in [5.41, 5.74) is 2.57. The molecule has 0 spiro atoms. The lowest BCUT2D eigenvalue weighted by Crippen LogP contribution is -2.20. The predicted octanol–water partition coefficient (Wildman–Crippen LogP) is 3.65. The molecule has 96 valence electrons. The van der Waals surface area contributed by atoms with Crippen molar-refractivity contribution < 1.29 is 0 Å². The molecule has 0 bridgehead atoms. The van der Waals surface area contributed by atoms with Crippen molar-refractivity contribution in [3.05, 3.63) is 28.2 Å². The molecular formula is C14H23BrN2. The fraction of sp³-hybridized carbons (Fsp3) is 0.571. The summed E-state index contributed by atoms with van der Waals surface area (Å²) in [6, 6.07) is 6.58. The van der Waals surface area contributed by atoms with E-state index < -0.39 is 0 Å². The third kappa shape index (κ3) is 4.68. The van der Waals surface area contributed by atoms with E-state index in [2.05, 4.69) is 65.2 Å². The third-order valence-corrected chi connectivity index (χ3v) is 3.62. The van der Waals surface area contributed by atoms with Crippen molar-refractivity contribution in [2.45, 2.75) is 26.8 Å². The summed E-state index contributed by atoms with van der Waals surface area (Å²) in [5, 5.41) is 3.17. The first-order chi connectivity index (χ1) is 8.04. The minimum atomic E-state index is 0.754. The number of rotatable bonds is 6. The fourth-order valence-corrected chi connectivity index (χ4v) is 2.20. The minimum Gasteiger partial charge on any atom is -0.375 e. The lowest BCUT2D eigenvalue weighted by molar-refractivity contribution is 0.585. The highest BCUT2D eigenvalue weighted by Crippen LogP contribution is 2.24. The van der Waals surface area contributed by atoms with Gasteiger partial charge in [-0.2, -0.15) is 0 Å². The summed E-state index contributed by atoms with van der Waals surface area (Å²) in [7, 11) is 4.12. The van der Waals surface area contributed by atoms with E-state index in [9.17, 15) is 0 Å². The second-order valence-electron chi connectivity index (χ2n) is 4.91. The van der Waals surface area contributed by atoms with Gasteiger partial charge in [-0.25, -0.2) is 0 Å². The summed E-state index contributed by atoms with van der Waals surface area (Å²) in [4.78, 5) is 2.31. The average Bonchev–Trinajstić information content (AvgIpc) is 2.28. The van der Waals surface area contributed by atoms with Gasteiger partial charge in [0.1, 0.15) is 0 Å². The van der Waals surface area contributed by atoms with Crippen molar-refractivity contribution in [1.82, 2.24) is 5.32 Å². The fourth-order valence-electron chi connectivity index (χ4n) is 1.69. The number of benzene rings is 1. The van der Waals surface area contributed by atoms with Crippen molar-refractivity contribution in [3.63, 3.8) is 0 Å². The van der Waals surface area contributed by atoms with Gasteiger partial charge in [0.25, 0.3) is 0 Å². The van der Waals surface area contributed by atoms with Gasteiger partial charge in [0.05, 0.1) is 0 Å². The number of hydrogen-bond donors (Lipinski definition) is 1. The molecule has 2 nitrogen and oxygen atoms in total. The number of nitrogens with zero attached hydrogens (tertiary/aromatic N) is 1. The van der Waals surface area contributed by atoms with Gasteiger partial charge in [-0.05, 0) is 37.1 Å². The molecule has 0 aromatic heterocycles. The van der Waals surface area contributed by atoms with Crippen LogP contribution >= 0.6 is 15.9 Å². The molecule has 0 radical (unpaired) electrons. The van der Waals surface area contributed by atoms with Gasteiger partial charge in [-0.1, -0.05) is 35.8 Å². The van der Waals surface area contributed by atoms with Gasteiger partial charge in [-0.3, -0.25) is 0 Å². The Morgan fingerprint density at radius 2 is 2.06 bits per heavy atom. The standard InChI is InChI=1S/C14H23BrN2/c1-11(2)7-8-17(4)13-6-5-12(10-16-3)14(15)9-13/h5-6,9,11,16H,7-8,10H2,1-4H3. The molecule has 0 unspecified atom stereocenters. The van der Waals surface area contributed by atoms with Crippen LogP contribution in [-0.4, -0.2) is 20.6 Å². The zero-order chi connectivity index (χ0) is 12.8. The first-order valence-electron chi connectivity index (χ1n) is 6.18. The predicted molar refractivity (Wildman–Crippen MR) is 79.6 cm³/mol. The smallest absolute Gasteiger partial charge is 0.0375 e. The van der Waals surface area contributed by atoms with E-state index in [0.717, 1.165) is 19.0 Å². The lowest BCUT2D eigenvalue weighted by Gasteiger charge is -2.21. The topological polar surface area (TPSA) is 15.3 Å². The molecule has 17 heavy (non-hydrogen) atoms. The van der Waals surface area contributed by atoms with Crippen LogP contribution in [0.2, 0.25) is 0 Å².